The van der Waals surface area contributed by atoms with Gasteiger partial charge in [-0.25, -0.2) is 9.97 Å². The fraction of sp³-hybridized carbons (Fsp3) is 0.143. The molecular weight excluding hydrogens is 256 g/mol. The molecule has 0 aliphatic heterocycles. The molecule has 0 radical (unpaired) electrons. The van der Waals surface area contributed by atoms with Crippen LogP contribution in [-0.2, 0) is 0 Å². The number of phenolic OH excluding ortho intramolecular Hbond substituents is 2. The van der Waals surface area contributed by atoms with Gasteiger partial charge in [-0.2, -0.15) is 0 Å². The van der Waals surface area contributed by atoms with E-state index >= 15 is 0 Å². The number of hydrogen-bond acceptors (Lipinski definition) is 5. The van der Waals surface area contributed by atoms with E-state index in [0.717, 1.165) is 11.3 Å². The second-order valence-electron chi connectivity index (χ2n) is 4.76. The molecule has 6 nitrogen and oxygen atoms in total. The highest BCUT2D eigenvalue weighted by atomic mass is 16.3. The van der Waals surface area contributed by atoms with Crippen molar-refractivity contribution in [2.75, 3.05) is 19.0 Å². The van der Waals surface area contributed by atoms with Gasteiger partial charge in [0, 0.05) is 25.7 Å². The van der Waals surface area contributed by atoms with Gasteiger partial charge in [0.05, 0.1) is 5.52 Å². The summed E-state index contributed by atoms with van der Waals surface area (Å²) in [7, 11) is 3.82. The molecule has 0 aliphatic carbocycles. The molecule has 0 saturated carbocycles. The first kappa shape index (κ1) is 12.3. The van der Waals surface area contributed by atoms with E-state index in [9.17, 15) is 10.2 Å². The Kier molecular flexibility index (Phi) is 2.71. The third kappa shape index (κ3) is 2.11. The van der Waals surface area contributed by atoms with Crippen molar-refractivity contribution in [1.29, 1.82) is 0 Å². The highest BCUT2D eigenvalue weighted by Gasteiger charge is 2.09. The number of benzene rings is 1. The Morgan fingerprint density at radius 3 is 2.35 bits per heavy atom. The van der Waals surface area contributed by atoms with E-state index < -0.39 is 0 Å². The van der Waals surface area contributed by atoms with Crippen LogP contribution in [-0.4, -0.2) is 39.3 Å². The Morgan fingerprint density at radius 1 is 1.00 bits per heavy atom. The van der Waals surface area contributed by atoms with Crippen molar-refractivity contribution < 1.29 is 10.2 Å². The third-order valence-electron chi connectivity index (χ3n) is 2.97. The third-order valence-corrected chi connectivity index (χ3v) is 2.97. The number of fused-ring (bicyclic) bond motifs is 1. The summed E-state index contributed by atoms with van der Waals surface area (Å²) in [5.74, 6) is 1.34. The van der Waals surface area contributed by atoms with Crippen LogP contribution >= 0.6 is 0 Å². The van der Waals surface area contributed by atoms with Crippen LogP contribution in [0.4, 0.5) is 5.82 Å². The van der Waals surface area contributed by atoms with E-state index in [1.807, 2.05) is 31.1 Å². The number of H-pyrrole nitrogens is 1. The predicted molar refractivity (Wildman–Crippen MR) is 77.0 cm³/mol. The first-order valence-corrected chi connectivity index (χ1v) is 6.10. The second-order valence-corrected chi connectivity index (χ2v) is 4.76. The van der Waals surface area contributed by atoms with E-state index in [2.05, 4.69) is 15.0 Å². The van der Waals surface area contributed by atoms with Gasteiger partial charge in [-0.05, 0) is 24.3 Å². The molecule has 20 heavy (non-hydrogen) atoms. The van der Waals surface area contributed by atoms with E-state index in [1.54, 1.807) is 0 Å². The lowest BCUT2D eigenvalue weighted by Crippen LogP contribution is -2.10. The normalized spacial score (nSPS) is 10.9. The molecule has 0 atom stereocenters. The molecule has 0 amide bonds. The van der Waals surface area contributed by atoms with Crippen LogP contribution in [0, 0.1) is 0 Å². The van der Waals surface area contributed by atoms with E-state index in [0.29, 0.717) is 17.0 Å². The van der Waals surface area contributed by atoms with Crippen LogP contribution in [0.15, 0.2) is 30.3 Å². The van der Waals surface area contributed by atoms with Gasteiger partial charge in [0.2, 0.25) is 0 Å². The topological polar surface area (TPSA) is 85.3 Å². The minimum Gasteiger partial charge on any atom is -0.508 e. The Bertz CT molecular complexity index is 760. The van der Waals surface area contributed by atoms with Gasteiger partial charge in [-0.15, -0.1) is 0 Å². The molecule has 3 N–H and O–H groups in total. The number of pyridine rings is 1. The SMILES string of the molecule is CN(C)c1ccc2[nH]c(-c3cc(O)cc(O)c3)nc2n1. The van der Waals surface area contributed by atoms with Gasteiger partial charge in [0.25, 0.3) is 0 Å². The van der Waals surface area contributed by atoms with Crippen molar-refractivity contribution in [3.63, 3.8) is 0 Å². The Morgan fingerprint density at radius 2 is 1.70 bits per heavy atom. The molecular formula is C14H14N4O2. The standard InChI is InChI=1S/C14H14N4O2/c1-18(2)12-4-3-11-14(16-12)17-13(15-11)8-5-9(19)7-10(20)6-8/h3-7,19-20H,1-2H3,(H,15,16,17). The number of nitrogens with zero attached hydrogens (tertiary/aromatic N) is 3. The van der Waals surface area contributed by atoms with Crippen LogP contribution in [0.2, 0.25) is 0 Å². The Labute approximate surface area is 115 Å². The molecule has 0 fully saturated rings. The van der Waals surface area contributed by atoms with Crippen molar-refractivity contribution in [3.8, 4) is 22.9 Å². The monoisotopic (exact) mass is 270 g/mol. The zero-order valence-corrected chi connectivity index (χ0v) is 11.1. The number of aromatic nitrogens is 3. The Hall–Kier alpha value is -2.76. The van der Waals surface area contributed by atoms with Crippen molar-refractivity contribution in [2.45, 2.75) is 0 Å². The van der Waals surface area contributed by atoms with E-state index in [4.69, 9.17) is 0 Å². The molecule has 0 aliphatic rings. The lowest BCUT2D eigenvalue weighted by atomic mass is 10.2. The Balaban J connectivity index is 2.12. The van der Waals surface area contributed by atoms with Gasteiger partial charge in [0.1, 0.15) is 23.1 Å². The summed E-state index contributed by atoms with van der Waals surface area (Å²) in [5, 5.41) is 19.0. The van der Waals surface area contributed by atoms with Crippen molar-refractivity contribution in [2.24, 2.45) is 0 Å². The molecule has 0 bridgehead atoms. The molecule has 0 unspecified atom stereocenters. The number of imidazole rings is 1. The van der Waals surface area contributed by atoms with Crippen LogP contribution in [0.1, 0.15) is 0 Å². The number of phenols is 2. The average Bonchev–Trinajstić information content (AvgIpc) is 2.80. The number of anilines is 1. The fourth-order valence-corrected chi connectivity index (χ4v) is 2.00. The lowest BCUT2D eigenvalue weighted by molar-refractivity contribution is 0.451. The number of rotatable bonds is 2. The minimum absolute atomic E-state index is 0.0117. The van der Waals surface area contributed by atoms with Crippen molar-refractivity contribution in [1.82, 2.24) is 15.0 Å². The largest absolute Gasteiger partial charge is 0.508 e. The molecule has 6 heteroatoms. The lowest BCUT2D eigenvalue weighted by Gasteiger charge is -2.09. The summed E-state index contributed by atoms with van der Waals surface area (Å²) in [4.78, 5) is 13.8. The number of nitrogens with one attached hydrogen (secondary N) is 1. The summed E-state index contributed by atoms with van der Waals surface area (Å²) in [6.07, 6.45) is 0. The quantitative estimate of drug-likeness (QED) is 0.664. The van der Waals surface area contributed by atoms with Crippen LogP contribution in [0.5, 0.6) is 11.5 Å². The predicted octanol–water partition coefficient (Wildman–Crippen LogP) is 2.10. The highest BCUT2D eigenvalue weighted by molar-refractivity contribution is 5.78. The molecule has 3 aromatic rings. The van der Waals surface area contributed by atoms with Crippen LogP contribution in [0.3, 0.4) is 0 Å². The van der Waals surface area contributed by atoms with Gasteiger partial charge in [0.15, 0.2) is 5.65 Å². The molecule has 2 heterocycles. The summed E-state index contributed by atoms with van der Waals surface area (Å²) < 4.78 is 0. The summed E-state index contributed by atoms with van der Waals surface area (Å²) in [6.45, 7) is 0. The fourth-order valence-electron chi connectivity index (χ4n) is 2.00. The highest BCUT2D eigenvalue weighted by Crippen LogP contribution is 2.28. The zero-order valence-electron chi connectivity index (χ0n) is 11.1. The average molecular weight is 270 g/mol. The van der Waals surface area contributed by atoms with Crippen molar-refractivity contribution in [3.05, 3.63) is 30.3 Å². The molecule has 2 aromatic heterocycles. The minimum atomic E-state index is -0.0117. The van der Waals surface area contributed by atoms with E-state index in [-0.39, 0.29) is 11.5 Å². The first-order chi connectivity index (χ1) is 9.52. The molecule has 0 saturated heterocycles. The van der Waals surface area contributed by atoms with Crippen LogP contribution in [0.25, 0.3) is 22.6 Å². The first-order valence-electron chi connectivity index (χ1n) is 6.10. The maximum atomic E-state index is 9.52. The van der Waals surface area contributed by atoms with Gasteiger partial charge in [-0.3, -0.25) is 0 Å². The smallest absolute Gasteiger partial charge is 0.180 e. The molecule has 3 rings (SSSR count). The molecule has 1 aromatic carbocycles. The molecule has 0 spiro atoms. The van der Waals surface area contributed by atoms with Crippen LogP contribution < -0.4 is 4.90 Å². The van der Waals surface area contributed by atoms with E-state index in [1.165, 1.54) is 18.2 Å². The van der Waals surface area contributed by atoms with Crippen molar-refractivity contribution >= 4 is 17.0 Å². The number of aromatic amines is 1. The number of hydrogen-bond donors (Lipinski definition) is 3. The maximum Gasteiger partial charge on any atom is 0.180 e. The van der Waals surface area contributed by atoms with Gasteiger partial charge in [-0.1, -0.05) is 0 Å². The summed E-state index contributed by atoms with van der Waals surface area (Å²) in [6, 6.07) is 8.13. The number of aromatic hydroxyl groups is 2. The van der Waals surface area contributed by atoms with Gasteiger partial charge >= 0.3 is 0 Å². The second kappa shape index (κ2) is 4.41. The zero-order chi connectivity index (χ0) is 14.3. The summed E-state index contributed by atoms with van der Waals surface area (Å²) in [5.41, 5.74) is 1.99. The maximum absolute atomic E-state index is 9.52. The van der Waals surface area contributed by atoms with Gasteiger partial charge < -0.3 is 20.1 Å². The molecule has 102 valence electrons. The summed E-state index contributed by atoms with van der Waals surface area (Å²) >= 11 is 0.